The van der Waals surface area contributed by atoms with Gasteiger partial charge in [0.1, 0.15) is 5.82 Å². The summed E-state index contributed by atoms with van der Waals surface area (Å²) in [6.07, 6.45) is 0. The van der Waals surface area contributed by atoms with Crippen LogP contribution in [0.15, 0.2) is 54.6 Å². The molecule has 1 N–H and O–H groups in total. The van der Waals surface area contributed by atoms with Gasteiger partial charge in [-0.15, -0.1) is 5.10 Å². The number of rotatable bonds is 5. The van der Waals surface area contributed by atoms with Crippen LogP contribution in [0.3, 0.4) is 0 Å². The molecule has 3 heterocycles. The molecule has 8 heteroatoms. The highest BCUT2D eigenvalue weighted by Crippen LogP contribution is 2.40. The largest absolute Gasteiger partial charge is 0.492 e. The van der Waals surface area contributed by atoms with Crippen LogP contribution in [0.2, 0.25) is 5.02 Å². The molecule has 5 rings (SSSR count). The van der Waals surface area contributed by atoms with E-state index in [1.807, 2.05) is 31.2 Å². The molecule has 1 aliphatic heterocycles. The van der Waals surface area contributed by atoms with Crippen molar-refractivity contribution in [2.45, 2.75) is 19.5 Å². The summed E-state index contributed by atoms with van der Waals surface area (Å²) in [5.74, 6) is 0.831. The molecule has 0 unspecified atom stereocenters. The van der Waals surface area contributed by atoms with Crippen LogP contribution >= 0.6 is 22.9 Å². The van der Waals surface area contributed by atoms with Crippen molar-refractivity contribution in [2.75, 3.05) is 26.2 Å². The summed E-state index contributed by atoms with van der Waals surface area (Å²) in [7, 11) is 0. The van der Waals surface area contributed by atoms with E-state index in [1.54, 1.807) is 4.52 Å². The second-order valence-corrected chi connectivity index (χ2v) is 9.34. The summed E-state index contributed by atoms with van der Waals surface area (Å²) >= 11 is 7.65. The maximum atomic E-state index is 11.0. The predicted octanol–water partition coefficient (Wildman–Crippen LogP) is 4.37. The monoisotopic (exact) mass is 453 g/mol. The number of aromatic nitrogens is 3. The zero-order valence-electron chi connectivity index (χ0n) is 17.3. The molecule has 0 bridgehead atoms. The fourth-order valence-corrected chi connectivity index (χ4v) is 5.51. The van der Waals surface area contributed by atoms with E-state index in [1.165, 1.54) is 16.9 Å². The van der Waals surface area contributed by atoms with Gasteiger partial charge in [-0.25, -0.2) is 4.98 Å². The number of hydrogen-bond donors (Lipinski definition) is 1. The first-order chi connectivity index (χ1) is 15.1. The first-order valence-corrected chi connectivity index (χ1v) is 11.6. The molecule has 0 amide bonds. The standard InChI is InChI=1S/C23H24ClN5OS/c1-16-25-23-29(26-16)22(30)21(31-23)20(18-7-9-19(24)10-8-18)28-13-11-27(12-14-28)15-17-5-3-2-4-6-17/h2-10,20,30H,11-15H2,1H3/t20-/m1/s1. The Morgan fingerprint density at radius 3 is 2.42 bits per heavy atom. The van der Waals surface area contributed by atoms with Crippen molar-refractivity contribution in [3.8, 4) is 5.88 Å². The van der Waals surface area contributed by atoms with E-state index in [4.69, 9.17) is 11.6 Å². The third-order valence-corrected chi connectivity index (χ3v) is 7.09. The lowest BCUT2D eigenvalue weighted by molar-refractivity contribution is 0.105. The number of nitrogens with zero attached hydrogens (tertiary/aromatic N) is 5. The smallest absolute Gasteiger partial charge is 0.230 e. The Bertz CT molecular complexity index is 1170. The van der Waals surface area contributed by atoms with Crippen LogP contribution in [-0.4, -0.2) is 55.7 Å². The van der Waals surface area contributed by atoms with Crippen molar-refractivity contribution in [1.82, 2.24) is 24.4 Å². The van der Waals surface area contributed by atoms with E-state index < -0.39 is 0 Å². The van der Waals surface area contributed by atoms with Gasteiger partial charge in [0, 0.05) is 37.7 Å². The number of hydrogen-bond acceptors (Lipinski definition) is 6. The van der Waals surface area contributed by atoms with Crippen molar-refractivity contribution in [2.24, 2.45) is 0 Å². The minimum absolute atomic E-state index is 0.0649. The predicted molar refractivity (Wildman–Crippen MR) is 124 cm³/mol. The van der Waals surface area contributed by atoms with Gasteiger partial charge in [0.25, 0.3) is 0 Å². The van der Waals surface area contributed by atoms with Gasteiger partial charge in [-0.2, -0.15) is 4.52 Å². The zero-order chi connectivity index (χ0) is 21.4. The van der Waals surface area contributed by atoms with E-state index in [9.17, 15) is 5.11 Å². The molecule has 1 saturated heterocycles. The average molecular weight is 454 g/mol. The van der Waals surface area contributed by atoms with Crippen LogP contribution in [0.25, 0.3) is 4.96 Å². The lowest BCUT2D eigenvalue weighted by Gasteiger charge is -2.39. The van der Waals surface area contributed by atoms with Gasteiger partial charge < -0.3 is 5.11 Å². The highest BCUT2D eigenvalue weighted by molar-refractivity contribution is 7.17. The number of piperazine rings is 1. The highest BCUT2D eigenvalue weighted by Gasteiger charge is 2.31. The maximum Gasteiger partial charge on any atom is 0.230 e. The molecule has 2 aromatic carbocycles. The minimum Gasteiger partial charge on any atom is -0.492 e. The fourth-order valence-electron chi connectivity index (χ4n) is 4.22. The molecule has 4 aromatic rings. The lowest BCUT2D eigenvalue weighted by Crippen LogP contribution is -2.47. The van der Waals surface area contributed by atoms with Crippen LogP contribution < -0.4 is 0 Å². The molecule has 2 aromatic heterocycles. The van der Waals surface area contributed by atoms with Crippen molar-refractivity contribution >= 4 is 27.9 Å². The molecule has 0 radical (unpaired) electrons. The van der Waals surface area contributed by atoms with E-state index in [2.05, 4.69) is 50.2 Å². The molecule has 1 fully saturated rings. The van der Waals surface area contributed by atoms with Crippen LogP contribution in [0, 0.1) is 6.92 Å². The summed E-state index contributed by atoms with van der Waals surface area (Å²) in [6, 6.07) is 18.4. The summed E-state index contributed by atoms with van der Waals surface area (Å²) in [5, 5.41) is 16.0. The molecule has 0 aliphatic carbocycles. The summed E-state index contributed by atoms with van der Waals surface area (Å²) in [6.45, 7) is 6.56. The first-order valence-electron chi connectivity index (χ1n) is 10.4. The number of aryl methyl sites for hydroxylation is 1. The SMILES string of the molecule is Cc1nc2sc([C@@H](c3ccc(Cl)cc3)N3CCN(Cc4ccccc4)CC3)c(O)n2n1. The van der Waals surface area contributed by atoms with Crippen molar-refractivity contribution in [3.05, 3.63) is 81.4 Å². The quantitative estimate of drug-likeness (QED) is 0.486. The van der Waals surface area contributed by atoms with Crippen molar-refractivity contribution < 1.29 is 5.11 Å². The topological polar surface area (TPSA) is 56.9 Å². The molecular formula is C23H24ClN5OS. The van der Waals surface area contributed by atoms with E-state index >= 15 is 0 Å². The van der Waals surface area contributed by atoms with Crippen LogP contribution in [0.1, 0.15) is 27.9 Å². The number of aromatic hydroxyl groups is 1. The Balaban J connectivity index is 1.42. The number of fused-ring (bicyclic) bond motifs is 1. The molecule has 1 atom stereocenters. The van der Waals surface area contributed by atoms with Crippen molar-refractivity contribution in [1.29, 1.82) is 0 Å². The van der Waals surface area contributed by atoms with Crippen LogP contribution in [-0.2, 0) is 6.54 Å². The third-order valence-electron chi connectivity index (χ3n) is 5.76. The Hall–Kier alpha value is -2.45. The van der Waals surface area contributed by atoms with Gasteiger partial charge in [-0.1, -0.05) is 65.4 Å². The Kier molecular flexibility index (Phi) is 5.67. The average Bonchev–Trinajstić information content (AvgIpc) is 3.29. The maximum absolute atomic E-state index is 11.0. The molecule has 0 saturated carbocycles. The first kappa shape index (κ1) is 20.5. The van der Waals surface area contributed by atoms with E-state index in [0.717, 1.165) is 43.2 Å². The second-order valence-electron chi connectivity index (χ2n) is 7.90. The van der Waals surface area contributed by atoms with Gasteiger partial charge in [-0.05, 0) is 30.2 Å². The molecule has 0 spiro atoms. The number of thiazole rings is 1. The van der Waals surface area contributed by atoms with E-state index in [-0.39, 0.29) is 11.9 Å². The Morgan fingerprint density at radius 1 is 1.03 bits per heavy atom. The van der Waals surface area contributed by atoms with Crippen molar-refractivity contribution in [3.63, 3.8) is 0 Å². The van der Waals surface area contributed by atoms with Gasteiger partial charge in [0.15, 0.2) is 0 Å². The molecule has 31 heavy (non-hydrogen) atoms. The Morgan fingerprint density at radius 2 is 1.74 bits per heavy atom. The second kappa shape index (κ2) is 8.59. The Labute approximate surface area is 190 Å². The fraction of sp³-hybridized carbons (Fsp3) is 0.304. The van der Waals surface area contributed by atoms with Crippen LogP contribution in [0.5, 0.6) is 5.88 Å². The molecular weight excluding hydrogens is 430 g/mol. The van der Waals surface area contributed by atoms with E-state index in [0.29, 0.717) is 15.8 Å². The summed E-state index contributed by atoms with van der Waals surface area (Å²) < 4.78 is 1.55. The lowest BCUT2D eigenvalue weighted by atomic mass is 10.0. The van der Waals surface area contributed by atoms with Gasteiger partial charge in [0.2, 0.25) is 10.8 Å². The van der Waals surface area contributed by atoms with Crippen LogP contribution in [0.4, 0.5) is 0 Å². The van der Waals surface area contributed by atoms with Gasteiger partial charge in [0.05, 0.1) is 10.9 Å². The molecule has 6 nitrogen and oxygen atoms in total. The minimum atomic E-state index is -0.0649. The highest BCUT2D eigenvalue weighted by atomic mass is 35.5. The number of benzene rings is 2. The normalized spacial score (nSPS) is 16.7. The summed E-state index contributed by atoms with van der Waals surface area (Å²) in [5.41, 5.74) is 2.45. The zero-order valence-corrected chi connectivity index (χ0v) is 18.9. The number of halogens is 1. The van der Waals surface area contributed by atoms with Gasteiger partial charge in [-0.3, -0.25) is 9.80 Å². The third kappa shape index (κ3) is 4.19. The van der Waals surface area contributed by atoms with Gasteiger partial charge >= 0.3 is 0 Å². The summed E-state index contributed by atoms with van der Waals surface area (Å²) in [4.78, 5) is 11.0. The molecule has 160 valence electrons. The molecule has 1 aliphatic rings.